The zero-order chi connectivity index (χ0) is 33.5. The van der Waals surface area contributed by atoms with Gasteiger partial charge in [0.2, 0.25) is 0 Å². The highest BCUT2D eigenvalue weighted by Gasteiger charge is 2.53. The molecule has 0 fully saturated rings. The van der Waals surface area contributed by atoms with Crippen LogP contribution in [-0.4, -0.2) is 4.98 Å². The Balaban J connectivity index is 1.22. The highest BCUT2D eigenvalue weighted by Crippen LogP contribution is 2.63. The summed E-state index contributed by atoms with van der Waals surface area (Å²) in [6, 6.07) is 64.7. The maximum Gasteiger partial charge on any atom is 0.0719 e. The number of hydrogen-bond donors (Lipinski definition) is 0. The first-order valence-corrected chi connectivity index (χ1v) is 17.6. The molecule has 1 aromatic heterocycles. The largest absolute Gasteiger partial charge is 0.248 e. The second-order valence-electron chi connectivity index (χ2n) is 14.3. The van der Waals surface area contributed by atoms with E-state index in [1.165, 1.54) is 66.8 Å². The summed E-state index contributed by atoms with van der Waals surface area (Å²) in [5, 5.41) is 1.16. The van der Waals surface area contributed by atoms with Crippen LogP contribution in [0, 0.1) is 0 Å². The van der Waals surface area contributed by atoms with Crippen molar-refractivity contribution in [3.05, 3.63) is 209 Å². The van der Waals surface area contributed by atoms with Crippen molar-refractivity contribution in [3.8, 4) is 44.6 Å². The molecule has 0 saturated carbocycles. The van der Waals surface area contributed by atoms with Gasteiger partial charge in [-0.15, -0.1) is 0 Å². The smallest absolute Gasteiger partial charge is 0.0719 e. The molecule has 1 heterocycles. The fourth-order valence-electron chi connectivity index (χ4n) is 9.18. The van der Waals surface area contributed by atoms with Gasteiger partial charge in [0.25, 0.3) is 0 Å². The lowest BCUT2D eigenvalue weighted by atomic mass is 9.55. The van der Waals surface area contributed by atoms with E-state index >= 15 is 0 Å². The number of rotatable bonds is 3. The molecule has 0 radical (unpaired) electrons. The minimum absolute atomic E-state index is 0.118. The fourth-order valence-corrected chi connectivity index (χ4v) is 9.18. The van der Waals surface area contributed by atoms with Crippen molar-refractivity contribution in [2.24, 2.45) is 0 Å². The average Bonchev–Trinajstić information content (AvgIpc) is 3.48. The predicted molar refractivity (Wildman–Crippen MR) is 207 cm³/mol. The van der Waals surface area contributed by atoms with Gasteiger partial charge >= 0.3 is 0 Å². The van der Waals surface area contributed by atoms with Crippen LogP contribution < -0.4 is 0 Å². The van der Waals surface area contributed by atoms with Gasteiger partial charge in [0.1, 0.15) is 0 Å². The van der Waals surface area contributed by atoms with Gasteiger partial charge in [0.15, 0.2) is 0 Å². The van der Waals surface area contributed by atoms with Gasteiger partial charge in [-0.25, -0.2) is 4.98 Å². The van der Waals surface area contributed by atoms with Crippen LogP contribution in [0.2, 0.25) is 0 Å². The monoisotopic (exact) mass is 637 g/mol. The number of hydrogen-bond acceptors (Lipinski definition) is 1. The number of nitrogens with zero attached hydrogens (tertiary/aromatic N) is 1. The SMILES string of the molecule is CC1(C)c2ccccc2C2(c3ccccc3-c3c(-c4cccc(-c5cc(-c6ccccc6)c6ccccc6n5)c4)cccc32)c2ccccc21. The summed E-state index contributed by atoms with van der Waals surface area (Å²) in [4.78, 5) is 5.21. The lowest BCUT2D eigenvalue weighted by Crippen LogP contribution is -2.40. The quantitative estimate of drug-likeness (QED) is 0.188. The zero-order valence-electron chi connectivity index (χ0n) is 28.2. The number of para-hydroxylation sites is 1. The van der Waals surface area contributed by atoms with Gasteiger partial charge in [-0.2, -0.15) is 0 Å². The van der Waals surface area contributed by atoms with Gasteiger partial charge < -0.3 is 0 Å². The van der Waals surface area contributed by atoms with Crippen LogP contribution in [0.25, 0.3) is 55.5 Å². The van der Waals surface area contributed by atoms with Crippen molar-refractivity contribution in [2.45, 2.75) is 24.7 Å². The molecule has 0 aliphatic heterocycles. The third kappa shape index (κ3) is 3.92. The fraction of sp³-hybridized carbons (Fsp3) is 0.0816. The van der Waals surface area contributed by atoms with E-state index in [-0.39, 0.29) is 5.41 Å². The van der Waals surface area contributed by atoms with Crippen LogP contribution in [-0.2, 0) is 10.8 Å². The first-order chi connectivity index (χ1) is 24.6. The Morgan fingerprint density at radius 1 is 0.380 bits per heavy atom. The highest BCUT2D eigenvalue weighted by atomic mass is 14.7. The molecule has 2 aliphatic carbocycles. The molecule has 0 atom stereocenters. The Morgan fingerprint density at radius 2 is 0.920 bits per heavy atom. The first-order valence-electron chi connectivity index (χ1n) is 17.6. The second kappa shape index (κ2) is 10.7. The lowest BCUT2D eigenvalue weighted by Gasteiger charge is -2.46. The van der Waals surface area contributed by atoms with Crippen LogP contribution in [0.4, 0.5) is 0 Å². The molecule has 1 spiro atoms. The van der Waals surface area contributed by atoms with Crippen molar-refractivity contribution in [1.82, 2.24) is 4.98 Å². The lowest BCUT2D eigenvalue weighted by molar-refractivity contribution is 0.563. The van der Waals surface area contributed by atoms with Crippen LogP contribution in [0.3, 0.4) is 0 Å². The molecule has 1 heteroatoms. The minimum atomic E-state index is -0.410. The number of fused-ring (bicyclic) bond motifs is 10. The Morgan fingerprint density at radius 3 is 1.68 bits per heavy atom. The van der Waals surface area contributed by atoms with Gasteiger partial charge in [-0.3, -0.25) is 0 Å². The molecule has 0 unspecified atom stereocenters. The van der Waals surface area contributed by atoms with Gasteiger partial charge in [-0.05, 0) is 85.0 Å². The molecule has 50 heavy (non-hydrogen) atoms. The third-order valence-electron chi connectivity index (χ3n) is 11.3. The predicted octanol–water partition coefficient (Wildman–Crippen LogP) is 12.2. The summed E-state index contributed by atoms with van der Waals surface area (Å²) in [6.45, 7) is 4.76. The second-order valence-corrected chi connectivity index (χ2v) is 14.3. The third-order valence-corrected chi connectivity index (χ3v) is 11.3. The summed E-state index contributed by atoms with van der Waals surface area (Å²) < 4.78 is 0. The van der Waals surface area contributed by atoms with Crippen molar-refractivity contribution in [1.29, 1.82) is 0 Å². The molecule has 10 rings (SSSR count). The summed E-state index contributed by atoms with van der Waals surface area (Å²) in [6.07, 6.45) is 0. The number of aromatic nitrogens is 1. The van der Waals surface area contributed by atoms with E-state index in [1.807, 2.05) is 0 Å². The summed E-state index contributed by atoms with van der Waals surface area (Å²) in [5.74, 6) is 0. The molecule has 0 saturated heterocycles. The zero-order valence-corrected chi connectivity index (χ0v) is 28.2. The molecule has 0 bridgehead atoms. The van der Waals surface area contributed by atoms with Crippen molar-refractivity contribution >= 4 is 10.9 Å². The molecule has 7 aromatic carbocycles. The molecular weight excluding hydrogens is 603 g/mol. The molecule has 0 N–H and O–H groups in total. The minimum Gasteiger partial charge on any atom is -0.248 e. The van der Waals surface area contributed by atoms with Crippen molar-refractivity contribution < 1.29 is 0 Å². The maximum atomic E-state index is 5.21. The highest BCUT2D eigenvalue weighted by molar-refractivity contribution is 5.99. The summed E-state index contributed by atoms with van der Waals surface area (Å²) in [7, 11) is 0. The Kier molecular flexibility index (Phi) is 6.20. The summed E-state index contributed by atoms with van der Waals surface area (Å²) >= 11 is 0. The van der Waals surface area contributed by atoms with Crippen molar-refractivity contribution in [3.63, 3.8) is 0 Å². The number of benzene rings is 7. The Hall–Kier alpha value is -6.05. The van der Waals surface area contributed by atoms with Gasteiger partial charge in [0.05, 0.1) is 16.6 Å². The van der Waals surface area contributed by atoms with E-state index in [0.717, 1.165) is 22.2 Å². The average molecular weight is 638 g/mol. The van der Waals surface area contributed by atoms with Crippen molar-refractivity contribution in [2.75, 3.05) is 0 Å². The van der Waals surface area contributed by atoms with Gasteiger partial charge in [0, 0.05) is 16.4 Å². The molecule has 8 aromatic rings. The molecule has 1 nitrogen and oxygen atoms in total. The summed E-state index contributed by atoms with van der Waals surface area (Å²) in [5.41, 5.74) is 18.3. The molecule has 2 aliphatic rings. The Labute approximate surface area is 293 Å². The van der Waals surface area contributed by atoms with E-state index in [9.17, 15) is 0 Å². The number of pyridine rings is 1. The van der Waals surface area contributed by atoms with E-state index < -0.39 is 5.41 Å². The molecule has 0 amide bonds. The van der Waals surface area contributed by atoms with Crippen LogP contribution in [0.1, 0.15) is 47.2 Å². The van der Waals surface area contributed by atoms with E-state index in [1.54, 1.807) is 0 Å². The molecular formula is C49H35N. The van der Waals surface area contributed by atoms with E-state index in [0.29, 0.717) is 0 Å². The topological polar surface area (TPSA) is 12.9 Å². The van der Waals surface area contributed by atoms with E-state index in [4.69, 9.17) is 4.98 Å². The van der Waals surface area contributed by atoms with E-state index in [2.05, 4.69) is 190 Å². The van der Waals surface area contributed by atoms with Crippen LogP contribution >= 0.6 is 0 Å². The maximum absolute atomic E-state index is 5.21. The van der Waals surface area contributed by atoms with Crippen LogP contribution in [0.15, 0.2) is 176 Å². The molecule has 236 valence electrons. The van der Waals surface area contributed by atoms with Gasteiger partial charge in [-0.1, -0.05) is 172 Å². The first kappa shape index (κ1) is 28.9. The normalized spacial score (nSPS) is 14.5. The standard InChI is InChI=1S/C49H35N/c1-48(2)40-24-9-11-26-42(40)49(43-27-12-10-25-41(43)48)39-23-8-6-21-37(39)47-35(22-15-28-44(47)49)33-18-14-19-34(30-33)46-31-38(32-16-4-3-5-17-32)36-20-7-13-29-45(36)50-46/h3-31H,1-2H3. The Bertz CT molecular complexity index is 2580. The van der Waals surface area contributed by atoms with Crippen LogP contribution in [0.5, 0.6) is 0 Å².